The third-order valence-corrected chi connectivity index (χ3v) is 15.4. The molecule has 0 saturated carbocycles. The van der Waals surface area contributed by atoms with E-state index in [1.165, 1.54) is 0 Å². The molecule has 0 bridgehead atoms. The van der Waals surface area contributed by atoms with Gasteiger partial charge in [0.15, 0.2) is 25.0 Å². The minimum atomic E-state index is -6.23. The monoisotopic (exact) mass is 966 g/mol. The number of phosphoric acid groups is 4. The molecule has 4 fully saturated rings. The summed E-state index contributed by atoms with van der Waals surface area (Å²) < 4.78 is 110. The van der Waals surface area contributed by atoms with Crippen LogP contribution in [0.15, 0.2) is 104 Å². The highest BCUT2D eigenvalue weighted by molar-refractivity contribution is 7.69. The zero-order valence-corrected chi connectivity index (χ0v) is 35.1. The van der Waals surface area contributed by atoms with Gasteiger partial charge in [0.2, 0.25) is 0 Å². The zero-order valence-electron chi connectivity index (χ0n) is 31.5. The molecule has 4 aliphatic heterocycles. The molecule has 2 aromatic heterocycles. The van der Waals surface area contributed by atoms with Crippen LogP contribution in [0.4, 0.5) is 0 Å². The van der Waals surface area contributed by atoms with Crippen LogP contribution in [0.1, 0.15) is 36.2 Å². The summed E-state index contributed by atoms with van der Waals surface area (Å²) in [6, 6.07) is 18.9. The molecule has 63 heavy (non-hydrogen) atoms. The molecule has 0 amide bonds. The number of phosphoric ester groups is 2. The minimum absolute atomic E-state index is 0.534. The van der Waals surface area contributed by atoms with Crippen LogP contribution >= 0.6 is 31.3 Å². The fourth-order valence-electron chi connectivity index (χ4n) is 6.98. The SMILES string of the molecule is O=c1ccn([C@@H]2O[C@H](COP(=O)(O)OP(=O)(O)OP(=O)(O)OP(=O)(O)OC[C@@H]3O[C@H](n4ccc(=O)[nH]c4=O)[C@H]4OC(c5ccccc5)O[C@H]43)[C@H]3OC(c4ccccc4)O[C@H]32)c(=O)[nH]1. The molecule has 4 aliphatic rings. The number of nitrogens with one attached hydrogen (secondary N) is 2. The molecule has 14 atom stereocenters. The van der Waals surface area contributed by atoms with Crippen LogP contribution in [0.25, 0.3) is 0 Å². The molecule has 6 heterocycles. The first-order valence-electron chi connectivity index (χ1n) is 18.2. The molecule has 27 nitrogen and oxygen atoms in total. The summed E-state index contributed by atoms with van der Waals surface area (Å²) in [4.78, 5) is 93.7. The Morgan fingerprint density at radius 3 is 1.21 bits per heavy atom. The van der Waals surface area contributed by atoms with Crippen LogP contribution in [-0.2, 0) is 68.7 Å². The maximum atomic E-state index is 12.9. The topological polar surface area (TPSA) is 360 Å². The molecule has 0 aliphatic carbocycles. The Kier molecular flexibility index (Phi) is 12.9. The fraction of sp³-hybridized carbons (Fsp3) is 0.375. The molecule has 4 saturated heterocycles. The van der Waals surface area contributed by atoms with Crippen molar-refractivity contribution < 1.29 is 88.2 Å². The second kappa shape index (κ2) is 17.8. The first-order chi connectivity index (χ1) is 29.8. The van der Waals surface area contributed by atoms with Crippen molar-refractivity contribution in [2.24, 2.45) is 0 Å². The summed E-state index contributed by atoms with van der Waals surface area (Å²) in [5.74, 6) is 0. The highest BCUT2D eigenvalue weighted by Gasteiger charge is 2.57. The van der Waals surface area contributed by atoms with Crippen molar-refractivity contribution in [1.82, 2.24) is 19.1 Å². The van der Waals surface area contributed by atoms with E-state index < -0.39 is 129 Å². The van der Waals surface area contributed by atoms with Crippen molar-refractivity contribution >= 4 is 31.3 Å². The van der Waals surface area contributed by atoms with E-state index >= 15 is 0 Å². The summed E-state index contributed by atoms with van der Waals surface area (Å²) in [6.45, 7) is -1.96. The van der Waals surface area contributed by atoms with Gasteiger partial charge in [-0.2, -0.15) is 12.9 Å². The Morgan fingerprint density at radius 2 is 0.841 bits per heavy atom. The second-order valence-electron chi connectivity index (χ2n) is 13.8. The van der Waals surface area contributed by atoms with Gasteiger partial charge in [-0.3, -0.25) is 37.7 Å². The average molecular weight is 967 g/mol. The van der Waals surface area contributed by atoms with Gasteiger partial charge in [-0.1, -0.05) is 60.7 Å². The van der Waals surface area contributed by atoms with Gasteiger partial charge in [0.25, 0.3) is 11.1 Å². The zero-order chi connectivity index (χ0) is 44.9. The van der Waals surface area contributed by atoms with Crippen molar-refractivity contribution in [2.45, 2.75) is 61.7 Å². The van der Waals surface area contributed by atoms with Gasteiger partial charge in [0, 0.05) is 35.7 Å². The van der Waals surface area contributed by atoms with E-state index in [4.69, 9.17) is 37.5 Å². The third kappa shape index (κ3) is 10.5. The van der Waals surface area contributed by atoms with Gasteiger partial charge in [-0.05, 0) is 0 Å². The molecule has 0 radical (unpaired) electrons. The normalized spacial score (nSPS) is 31.6. The number of hydrogen-bond donors (Lipinski definition) is 6. The number of ether oxygens (including phenoxy) is 6. The summed E-state index contributed by atoms with van der Waals surface area (Å²) in [6.07, 6.45) is -9.72. The first kappa shape index (κ1) is 45.7. The van der Waals surface area contributed by atoms with E-state index in [-0.39, 0.29) is 0 Å². The van der Waals surface area contributed by atoms with Crippen LogP contribution in [-0.4, -0.2) is 88.5 Å². The smallest absolute Gasteiger partial charge is 0.346 e. The van der Waals surface area contributed by atoms with Crippen LogP contribution in [0.3, 0.4) is 0 Å². The Labute approximate surface area is 351 Å². The Balaban J connectivity index is 0.891. The van der Waals surface area contributed by atoms with Crippen molar-refractivity contribution in [1.29, 1.82) is 0 Å². The van der Waals surface area contributed by atoms with Crippen LogP contribution in [0.2, 0.25) is 0 Å². The third-order valence-electron chi connectivity index (χ3n) is 9.51. The maximum absolute atomic E-state index is 12.9. The molecular formula is C32H34N4O23P4. The Bertz CT molecular complexity index is 2570. The van der Waals surface area contributed by atoms with Gasteiger partial charge in [0.05, 0.1) is 13.2 Å². The van der Waals surface area contributed by atoms with E-state index in [0.29, 0.717) is 11.1 Å². The molecule has 6 N–H and O–H groups in total. The average Bonchev–Trinajstić information content (AvgIpc) is 3.98. The second-order valence-corrected chi connectivity index (χ2v) is 20.0. The van der Waals surface area contributed by atoms with Gasteiger partial charge in [-0.15, -0.1) is 0 Å². The van der Waals surface area contributed by atoms with E-state index in [1.54, 1.807) is 60.7 Å². The van der Waals surface area contributed by atoms with Crippen LogP contribution in [0.5, 0.6) is 0 Å². The number of benzene rings is 2. The van der Waals surface area contributed by atoms with Crippen molar-refractivity contribution in [3.05, 3.63) is 138 Å². The Hall–Kier alpha value is -3.88. The lowest BCUT2D eigenvalue weighted by molar-refractivity contribution is -0.154. The minimum Gasteiger partial charge on any atom is -0.346 e. The molecule has 0 spiro atoms. The van der Waals surface area contributed by atoms with E-state index in [9.17, 15) is 57.0 Å². The highest BCUT2D eigenvalue weighted by Crippen LogP contribution is 2.71. The lowest BCUT2D eigenvalue weighted by Gasteiger charge is -2.23. The number of fused-ring (bicyclic) bond motifs is 2. The van der Waals surface area contributed by atoms with E-state index in [2.05, 4.69) is 22.9 Å². The number of nitrogens with zero attached hydrogens (tertiary/aromatic N) is 2. The van der Waals surface area contributed by atoms with E-state index in [1.807, 2.05) is 0 Å². The summed E-state index contributed by atoms with van der Waals surface area (Å²) in [7, 11) is -24.0. The number of H-pyrrole nitrogens is 2. The molecule has 6 unspecified atom stereocenters. The summed E-state index contributed by atoms with van der Waals surface area (Å²) in [5.41, 5.74) is -2.20. The van der Waals surface area contributed by atoms with Crippen molar-refractivity contribution in [2.75, 3.05) is 13.2 Å². The number of rotatable bonds is 16. The molecule has 4 aromatic rings. The molecular weight excluding hydrogens is 932 g/mol. The standard InChI is InChI=1S/C32H34N4O23P4/c37-21-11-13-35(31(39)33-21)27-25-23(53-29(55-25)17-7-3-1-4-8-17)19(51-27)15-49-60(41,42)57-62(45,46)59-63(47,48)58-61(43,44)50-16-20-24-26(56-30(54-24)18-9-5-2-6-10-18)28(52-20)36-14-12-22(38)34-32(36)40/h1-14,19-20,23-30H,15-16H2,(H,41,42)(H,43,44)(H,45,46)(H,47,48)(H,33,37,39)(H,34,38,40)/t19-,20+,23-,24+,25-,26+,27-,28+,29?,30?. The van der Waals surface area contributed by atoms with Crippen LogP contribution < -0.4 is 22.5 Å². The predicted octanol–water partition coefficient (Wildman–Crippen LogP) is 1.33. The summed E-state index contributed by atoms with van der Waals surface area (Å²) in [5, 5.41) is 0. The largest absolute Gasteiger partial charge is 0.490 e. The van der Waals surface area contributed by atoms with E-state index in [0.717, 1.165) is 33.7 Å². The van der Waals surface area contributed by atoms with Crippen LogP contribution in [0, 0.1) is 0 Å². The molecule has 31 heteroatoms. The van der Waals surface area contributed by atoms with Gasteiger partial charge in [0.1, 0.15) is 36.6 Å². The lowest BCUT2D eigenvalue weighted by atomic mass is 10.1. The number of aromatic nitrogens is 4. The van der Waals surface area contributed by atoms with Gasteiger partial charge in [-0.25, -0.2) is 27.8 Å². The molecule has 2 aromatic carbocycles. The molecule has 8 rings (SSSR count). The van der Waals surface area contributed by atoms with Gasteiger partial charge < -0.3 is 48.0 Å². The summed E-state index contributed by atoms with van der Waals surface area (Å²) >= 11 is 0. The molecule has 340 valence electrons. The Morgan fingerprint density at radius 1 is 0.492 bits per heavy atom. The number of hydrogen-bond acceptors (Lipinski definition) is 19. The predicted molar refractivity (Wildman–Crippen MR) is 203 cm³/mol. The maximum Gasteiger partial charge on any atom is 0.490 e. The van der Waals surface area contributed by atoms with Crippen molar-refractivity contribution in [3.8, 4) is 0 Å². The fourth-order valence-corrected chi connectivity index (χ4v) is 11.9. The quantitative estimate of drug-likeness (QED) is 0.0863. The lowest BCUT2D eigenvalue weighted by Crippen LogP contribution is -2.36. The van der Waals surface area contributed by atoms with Gasteiger partial charge >= 0.3 is 42.7 Å². The number of aromatic amines is 2. The highest BCUT2D eigenvalue weighted by atomic mass is 31.3. The van der Waals surface area contributed by atoms with Crippen molar-refractivity contribution in [3.63, 3.8) is 0 Å². The first-order valence-corrected chi connectivity index (χ1v) is 24.1.